The van der Waals surface area contributed by atoms with Gasteiger partial charge < -0.3 is 29.4 Å². The minimum atomic E-state index is 1.09. The molecule has 44 heavy (non-hydrogen) atoms. The van der Waals surface area contributed by atoms with Gasteiger partial charge >= 0.3 is 0 Å². The number of nitrogens with zero attached hydrogens (tertiary/aromatic N) is 6. The molecule has 0 unspecified atom stereocenters. The Balaban J connectivity index is 1.57. The molecule has 226 valence electrons. The topological polar surface area (TPSA) is 19.4 Å². The van der Waals surface area contributed by atoms with Gasteiger partial charge in [-0.2, -0.15) is 0 Å². The van der Waals surface area contributed by atoms with Crippen LogP contribution < -0.4 is 29.4 Å². The van der Waals surface area contributed by atoms with E-state index in [0.29, 0.717) is 0 Å². The lowest BCUT2D eigenvalue weighted by atomic mass is 10.1. The lowest BCUT2D eigenvalue weighted by molar-refractivity contribution is 1.12. The number of benzene rings is 5. The van der Waals surface area contributed by atoms with Crippen LogP contribution in [0.4, 0.5) is 56.9 Å². The molecule has 0 aromatic heterocycles. The van der Waals surface area contributed by atoms with Gasteiger partial charge in [-0.15, -0.1) is 0 Å². The summed E-state index contributed by atoms with van der Waals surface area (Å²) in [4.78, 5) is 13.1. The smallest absolute Gasteiger partial charge is 0.0463 e. The van der Waals surface area contributed by atoms with Crippen molar-refractivity contribution in [3.8, 4) is 0 Å². The Hall–Kier alpha value is -5.10. The van der Waals surface area contributed by atoms with Crippen molar-refractivity contribution in [2.24, 2.45) is 0 Å². The minimum Gasteiger partial charge on any atom is -0.378 e. The largest absolute Gasteiger partial charge is 0.378 e. The van der Waals surface area contributed by atoms with Crippen LogP contribution in [0.5, 0.6) is 0 Å². The Kier molecular flexibility index (Phi) is 9.00. The van der Waals surface area contributed by atoms with E-state index in [2.05, 4.69) is 207 Å². The molecule has 6 heteroatoms. The lowest BCUT2D eigenvalue weighted by Gasteiger charge is -2.29. The number of rotatable bonds is 10. The third-order valence-corrected chi connectivity index (χ3v) is 7.86. The van der Waals surface area contributed by atoms with Crippen LogP contribution in [-0.2, 0) is 0 Å². The summed E-state index contributed by atoms with van der Waals surface area (Å²) in [5.74, 6) is 0. The second kappa shape index (κ2) is 13.0. The van der Waals surface area contributed by atoms with Gasteiger partial charge in [0.15, 0.2) is 0 Å². The van der Waals surface area contributed by atoms with Crippen LogP contribution in [0.3, 0.4) is 0 Å². The van der Waals surface area contributed by atoms with Gasteiger partial charge in [0, 0.05) is 113 Å². The summed E-state index contributed by atoms with van der Waals surface area (Å²) in [6.45, 7) is 0. The Bertz CT molecular complexity index is 1390. The maximum Gasteiger partial charge on any atom is 0.0463 e. The molecular formula is C38H44N6. The van der Waals surface area contributed by atoms with Crippen molar-refractivity contribution in [2.75, 3.05) is 85.8 Å². The Morgan fingerprint density at radius 2 is 0.318 bits per heavy atom. The quantitative estimate of drug-likeness (QED) is 0.162. The third-order valence-electron chi connectivity index (χ3n) is 7.86. The van der Waals surface area contributed by atoms with Crippen LogP contribution >= 0.6 is 0 Å². The summed E-state index contributed by atoms with van der Waals surface area (Å²) in [7, 11) is 16.6. The zero-order valence-electron chi connectivity index (χ0n) is 27.2. The standard InChI is InChI=1S/C38H44N6/c1-39(2)29-9-17-33(18-10-29)43(34-19-11-30(12-20-34)40(3)4)37-25-27-38(28-26-37)44(35-21-13-31(14-22-35)41(5)6)36-23-15-32(16-24-36)42(7)8/h9-28H,1-8H3. The molecular weight excluding hydrogens is 540 g/mol. The first-order valence-electron chi connectivity index (χ1n) is 14.9. The second-order valence-electron chi connectivity index (χ2n) is 11.8. The summed E-state index contributed by atoms with van der Waals surface area (Å²) < 4.78 is 0. The zero-order valence-corrected chi connectivity index (χ0v) is 27.2. The first-order valence-corrected chi connectivity index (χ1v) is 14.9. The molecule has 0 heterocycles. The first-order chi connectivity index (χ1) is 21.1. The van der Waals surface area contributed by atoms with E-state index in [1.165, 1.54) is 22.7 Å². The fourth-order valence-electron chi connectivity index (χ4n) is 5.24. The van der Waals surface area contributed by atoms with E-state index < -0.39 is 0 Å². The van der Waals surface area contributed by atoms with E-state index in [0.717, 1.165) is 34.1 Å². The highest BCUT2D eigenvalue weighted by Crippen LogP contribution is 2.40. The summed E-state index contributed by atoms with van der Waals surface area (Å²) >= 11 is 0. The van der Waals surface area contributed by atoms with Crippen molar-refractivity contribution in [3.05, 3.63) is 121 Å². The Morgan fingerprint density at radius 3 is 0.432 bits per heavy atom. The van der Waals surface area contributed by atoms with Crippen molar-refractivity contribution in [3.63, 3.8) is 0 Å². The molecule has 0 saturated heterocycles. The van der Waals surface area contributed by atoms with Gasteiger partial charge in [0.2, 0.25) is 0 Å². The summed E-state index contributed by atoms with van der Waals surface area (Å²) in [5, 5.41) is 0. The molecule has 6 nitrogen and oxygen atoms in total. The lowest BCUT2D eigenvalue weighted by Crippen LogP contribution is -2.14. The van der Waals surface area contributed by atoms with E-state index in [-0.39, 0.29) is 0 Å². The molecule has 0 saturated carbocycles. The van der Waals surface area contributed by atoms with Crippen molar-refractivity contribution in [2.45, 2.75) is 0 Å². The summed E-state index contributed by atoms with van der Waals surface area (Å²) in [5.41, 5.74) is 11.3. The van der Waals surface area contributed by atoms with Crippen LogP contribution in [-0.4, -0.2) is 56.4 Å². The van der Waals surface area contributed by atoms with Gasteiger partial charge in [0.25, 0.3) is 0 Å². The molecule has 5 aromatic carbocycles. The summed E-state index contributed by atoms with van der Waals surface area (Å²) in [6, 6.07) is 43.7. The third kappa shape index (κ3) is 6.60. The van der Waals surface area contributed by atoms with E-state index in [1.54, 1.807) is 0 Å². The van der Waals surface area contributed by atoms with E-state index in [9.17, 15) is 0 Å². The van der Waals surface area contributed by atoms with Gasteiger partial charge in [-0.25, -0.2) is 0 Å². The van der Waals surface area contributed by atoms with E-state index in [1.807, 2.05) is 0 Å². The average Bonchev–Trinajstić information content (AvgIpc) is 3.03. The fraction of sp³-hybridized carbons (Fsp3) is 0.211. The van der Waals surface area contributed by atoms with Crippen LogP contribution in [0.25, 0.3) is 0 Å². The number of hydrogen-bond acceptors (Lipinski definition) is 6. The molecule has 0 amide bonds. The molecule has 0 aliphatic rings. The molecule has 0 aliphatic carbocycles. The maximum atomic E-state index is 2.31. The first kappa shape index (κ1) is 30.4. The molecule has 0 aliphatic heterocycles. The summed E-state index contributed by atoms with van der Waals surface area (Å²) in [6.07, 6.45) is 0. The molecule has 0 atom stereocenters. The van der Waals surface area contributed by atoms with Crippen molar-refractivity contribution < 1.29 is 0 Å². The van der Waals surface area contributed by atoms with Gasteiger partial charge in [0.1, 0.15) is 0 Å². The SMILES string of the molecule is CN(C)c1ccc(N(c2ccc(N(C)C)cc2)c2ccc(N(c3ccc(N(C)C)cc3)c3ccc(N(C)C)cc3)cc2)cc1. The van der Waals surface area contributed by atoms with E-state index >= 15 is 0 Å². The van der Waals surface area contributed by atoms with Crippen LogP contribution in [0.2, 0.25) is 0 Å². The minimum absolute atomic E-state index is 1.09. The van der Waals surface area contributed by atoms with Crippen molar-refractivity contribution >= 4 is 56.9 Å². The van der Waals surface area contributed by atoms with Crippen LogP contribution in [0, 0.1) is 0 Å². The van der Waals surface area contributed by atoms with Crippen LogP contribution in [0.15, 0.2) is 121 Å². The van der Waals surface area contributed by atoms with Gasteiger partial charge in [-0.3, -0.25) is 0 Å². The Labute approximate surface area is 263 Å². The average molecular weight is 585 g/mol. The second-order valence-corrected chi connectivity index (χ2v) is 11.8. The van der Waals surface area contributed by atoms with Gasteiger partial charge in [-0.05, 0) is 121 Å². The predicted octanol–water partition coefficient (Wildman–Crippen LogP) is 8.89. The van der Waals surface area contributed by atoms with Gasteiger partial charge in [-0.1, -0.05) is 0 Å². The number of anilines is 10. The van der Waals surface area contributed by atoms with Crippen LogP contribution in [0.1, 0.15) is 0 Å². The fourth-order valence-corrected chi connectivity index (χ4v) is 5.24. The predicted molar refractivity (Wildman–Crippen MR) is 193 cm³/mol. The highest BCUT2D eigenvalue weighted by Gasteiger charge is 2.17. The molecule has 0 N–H and O–H groups in total. The maximum absolute atomic E-state index is 2.31. The normalized spacial score (nSPS) is 10.7. The highest BCUT2D eigenvalue weighted by atomic mass is 15.2. The molecule has 0 radical (unpaired) electrons. The molecule has 0 spiro atoms. The van der Waals surface area contributed by atoms with Crippen molar-refractivity contribution in [1.82, 2.24) is 0 Å². The number of hydrogen-bond donors (Lipinski definition) is 0. The molecule has 5 rings (SSSR count). The molecule has 0 bridgehead atoms. The van der Waals surface area contributed by atoms with Gasteiger partial charge in [0.05, 0.1) is 0 Å². The highest BCUT2D eigenvalue weighted by molar-refractivity contribution is 5.82. The van der Waals surface area contributed by atoms with Crippen molar-refractivity contribution in [1.29, 1.82) is 0 Å². The molecule has 0 fully saturated rings. The monoisotopic (exact) mass is 584 g/mol. The zero-order chi connectivity index (χ0) is 31.4. The van der Waals surface area contributed by atoms with E-state index in [4.69, 9.17) is 0 Å². The molecule has 5 aromatic rings. The Morgan fingerprint density at radius 1 is 0.205 bits per heavy atom.